The van der Waals surface area contributed by atoms with Crippen molar-refractivity contribution in [2.45, 2.75) is 29.9 Å². The molecule has 1 aromatic carbocycles. The van der Waals surface area contributed by atoms with E-state index < -0.39 is 10.0 Å². The highest BCUT2D eigenvalue weighted by molar-refractivity contribution is 7.99. The second-order valence-corrected chi connectivity index (χ2v) is 10.2. The fourth-order valence-corrected chi connectivity index (χ4v) is 5.68. The number of oxazole rings is 1. The number of ether oxygens (including phenoxy) is 2. The van der Waals surface area contributed by atoms with E-state index in [-0.39, 0.29) is 18.4 Å². The molecule has 3 N–H and O–H groups in total. The molecule has 34 heavy (non-hydrogen) atoms. The molecule has 0 saturated heterocycles. The van der Waals surface area contributed by atoms with Crippen molar-refractivity contribution < 1.29 is 22.3 Å². The summed E-state index contributed by atoms with van der Waals surface area (Å²) in [7, 11) is -3.36. The number of sulfonamides is 1. The van der Waals surface area contributed by atoms with E-state index in [1.807, 2.05) is 10.6 Å². The van der Waals surface area contributed by atoms with Crippen LogP contribution < -0.4 is 19.9 Å². The van der Waals surface area contributed by atoms with Gasteiger partial charge < -0.3 is 24.2 Å². The molecular weight excluding hydrogens is 482 g/mol. The smallest absolute Gasteiger partial charge is 0.231 e. The first-order chi connectivity index (χ1) is 16.4. The number of nitrogen functional groups attached to an aromatic ring is 1. The molecule has 178 valence electrons. The Labute approximate surface area is 199 Å². The van der Waals surface area contributed by atoms with Crippen LogP contribution >= 0.6 is 11.8 Å². The third kappa shape index (κ3) is 4.38. The molecule has 5 rings (SSSR count). The van der Waals surface area contributed by atoms with E-state index >= 15 is 0 Å². The number of benzene rings is 1. The van der Waals surface area contributed by atoms with Crippen LogP contribution in [0.3, 0.4) is 0 Å². The van der Waals surface area contributed by atoms with Crippen molar-refractivity contribution in [3.05, 3.63) is 30.9 Å². The van der Waals surface area contributed by atoms with E-state index in [1.54, 1.807) is 19.2 Å². The number of aryl methyl sites for hydroxylation is 1. The predicted molar refractivity (Wildman–Crippen MR) is 124 cm³/mol. The lowest BCUT2D eigenvalue weighted by Gasteiger charge is -2.11. The first kappa shape index (κ1) is 22.4. The number of nitrogens with one attached hydrogen (secondary N) is 1. The Hall–Kier alpha value is -3.36. The molecule has 0 atom stereocenters. The summed E-state index contributed by atoms with van der Waals surface area (Å²) in [4.78, 5) is 18.1. The molecule has 0 unspecified atom stereocenters. The van der Waals surface area contributed by atoms with Crippen LogP contribution in [0.5, 0.6) is 11.5 Å². The van der Waals surface area contributed by atoms with Crippen molar-refractivity contribution in [3.63, 3.8) is 0 Å². The van der Waals surface area contributed by atoms with Crippen LogP contribution in [-0.4, -0.2) is 52.0 Å². The van der Waals surface area contributed by atoms with Crippen LogP contribution in [0.1, 0.15) is 13.3 Å². The molecule has 0 saturated carbocycles. The van der Waals surface area contributed by atoms with Gasteiger partial charge in [0.25, 0.3) is 0 Å². The summed E-state index contributed by atoms with van der Waals surface area (Å²) in [6, 6.07) is 3.64. The molecule has 0 fully saturated rings. The highest BCUT2D eigenvalue weighted by Gasteiger charge is 2.24. The van der Waals surface area contributed by atoms with Gasteiger partial charge in [-0.2, -0.15) is 0 Å². The maximum Gasteiger partial charge on any atom is 0.231 e. The Bertz CT molecular complexity index is 1440. The van der Waals surface area contributed by atoms with E-state index in [0.29, 0.717) is 58.8 Å². The number of fused-ring (bicyclic) bond motifs is 2. The van der Waals surface area contributed by atoms with Gasteiger partial charge in [-0.05, 0) is 18.6 Å². The topological polar surface area (TPSA) is 160 Å². The first-order valence-electron chi connectivity index (χ1n) is 10.4. The van der Waals surface area contributed by atoms with Gasteiger partial charge in [0.15, 0.2) is 33.6 Å². The van der Waals surface area contributed by atoms with Gasteiger partial charge in [-0.3, -0.25) is 0 Å². The fraction of sp³-hybridized carbons (Fsp3) is 0.300. The molecule has 0 bridgehead atoms. The molecule has 4 aromatic rings. The van der Waals surface area contributed by atoms with Gasteiger partial charge in [0.05, 0.1) is 17.5 Å². The zero-order chi connectivity index (χ0) is 23.7. The summed E-state index contributed by atoms with van der Waals surface area (Å²) >= 11 is 1.34. The van der Waals surface area contributed by atoms with Crippen molar-refractivity contribution in [1.82, 2.24) is 29.2 Å². The van der Waals surface area contributed by atoms with Crippen molar-refractivity contribution in [2.75, 3.05) is 24.8 Å². The number of nitrogens with two attached hydrogens (primary N) is 1. The number of nitrogens with zero attached hydrogens (tertiary/aromatic N) is 5. The van der Waals surface area contributed by atoms with Crippen LogP contribution in [0.2, 0.25) is 0 Å². The molecule has 3 aromatic heterocycles. The van der Waals surface area contributed by atoms with E-state index in [1.165, 1.54) is 24.4 Å². The summed E-state index contributed by atoms with van der Waals surface area (Å²) < 4.78 is 45.1. The minimum atomic E-state index is -3.36. The standard InChI is InChI=1S/C20H21N7O5S2/c1-2-25-34(28,29)7-3-5-27-18-16(17(21)23-10-24-18)26-20(27)33-15-9-14-13(31-11-32-14)8-12(15)19-22-4-6-30-19/h4,6,8-10,25H,2-3,5,7,11H2,1H3,(H2,21,23,24). The van der Waals surface area contributed by atoms with Gasteiger partial charge in [0.2, 0.25) is 22.7 Å². The summed E-state index contributed by atoms with van der Waals surface area (Å²) in [6.45, 7) is 2.57. The average molecular weight is 504 g/mol. The number of anilines is 1. The molecule has 0 spiro atoms. The lowest BCUT2D eigenvalue weighted by atomic mass is 10.2. The fourth-order valence-electron chi connectivity index (χ4n) is 3.55. The zero-order valence-electron chi connectivity index (χ0n) is 18.1. The summed E-state index contributed by atoms with van der Waals surface area (Å²) in [6.07, 6.45) is 4.76. The SMILES string of the molecule is CCNS(=O)(=O)CCCn1c(Sc2cc3c(cc2-c2ncco2)OCO3)nc2c(N)ncnc21. The quantitative estimate of drug-likeness (QED) is 0.345. The second kappa shape index (κ2) is 9.12. The van der Waals surface area contributed by atoms with E-state index in [9.17, 15) is 8.42 Å². The van der Waals surface area contributed by atoms with Crippen molar-refractivity contribution in [2.24, 2.45) is 0 Å². The monoisotopic (exact) mass is 503 g/mol. The van der Waals surface area contributed by atoms with Crippen molar-refractivity contribution >= 4 is 38.8 Å². The van der Waals surface area contributed by atoms with Crippen LogP contribution in [-0.2, 0) is 16.6 Å². The summed E-state index contributed by atoms with van der Waals surface area (Å²) in [5.41, 5.74) is 7.71. The van der Waals surface area contributed by atoms with E-state index in [2.05, 4.69) is 24.7 Å². The Morgan fingerprint density at radius 2 is 2.03 bits per heavy atom. The van der Waals surface area contributed by atoms with Crippen LogP contribution in [0, 0.1) is 0 Å². The average Bonchev–Trinajstić information content (AvgIpc) is 3.54. The predicted octanol–water partition coefficient (Wildman–Crippen LogP) is 2.27. The first-order valence-corrected chi connectivity index (χ1v) is 12.9. The largest absolute Gasteiger partial charge is 0.454 e. The van der Waals surface area contributed by atoms with Crippen LogP contribution in [0.4, 0.5) is 5.82 Å². The molecule has 12 nitrogen and oxygen atoms in total. The lowest BCUT2D eigenvalue weighted by molar-refractivity contribution is 0.174. The number of aromatic nitrogens is 5. The van der Waals surface area contributed by atoms with Crippen LogP contribution in [0.25, 0.3) is 22.6 Å². The Morgan fingerprint density at radius 3 is 2.79 bits per heavy atom. The Balaban J connectivity index is 1.53. The maximum atomic E-state index is 12.1. The minimum Gasteiger partial charge on any atom is -0.454 e. The Morgan fingerprint density at radius 1 is 1.21 bits per heavy atom. The third-order valence-electron chi connectivity index (χ3n) is 5.02. The molecule has 1 aliphatic heterocycles. The normalized spacial score (nSPS) is 13.1. The van der Waals surface area contributed by atoms with E-state index in [0.717, 1.165) is 4.90 Å². The van der Waals surface area contributed by atoms with Gasteiger partial charge >= 0.3 is 0 Å². The molecule has 14 heteroatoms. The zero-order valence-corrected chi connectivity index (χ0v) is 19.7. The van der Waals surface area contributed by atoms with Gasteiger partial charge in [-0.25, -0.2) is 33.1 Å². The van der Waals surface area contributed by atoms with Crippen LogP contribution in [0.15, 0.2) is 45.4 Å². The molecule has 1 aliphatic rings. The van der Waals surface area contributed by atoms with E-state index in [4.69, 9.17) is 19.6 Å². The molecule has 0 amide bonds. The molecule has 4 heterocycles. The number of hydrogen-bond acceptors (Lipinski definition) is 11. The molecule has 0 aliphatic carbocycles. The van der Waals surface area contributed by atoms with Gasteiger partial charge in [0.1, 0.15) is 12.6 Å². The molecular formula is C20H21N7O5S2. The van der Waals surface area contributed by atoms with Crippen molar-refractivity contribution in [1.29, 1.82) is 0 Å². The number of hydrogen-bond donors (Lipinski definition) is 2. The minimum absolute atomic E-state index is 0.0310. The van der Waals surface area contributed by atoms with Crippen molar-refractivity contribution in [3.8, 4) is 23.0 Å². The molecule has 0 radical (unpaired) electrons. The third-order valence-corrected chi connectivity index (χ3v) is 7.63. The second-order valence-electron chi connectivity index (χ2n) is 7.29. The highest BCUT2D eigenvalue weighted by atomic mass is 32.2. The summed E-state index contributed by atoms with van der Waals surface area (Å²) in [5.74, 6) is 1.81. The van der Waals surface area contributed by atoms with Gasteiger partial charge in [-0.15, -0.1) is 0 Å². The van der Waals surface area contributed by atoms with Gasteiger partial charge in [-0.1, -0.05) is 18.7 Å². The number of imidazole rings is 1. The Kier molecular flexibility index (Phi) is 6.02. The summed E-state index contributed by atoms with van der Waals surface area (Å²) in [5, 5.41) is 0.565. The lowest BCUT2D eigenvalue weighted by Crippen LogP contribution is -2.26. The van der Waals surface area contributed by atoms with Gasteiger partial charge in [0, 0.05) is 18.0 Å². The number of rotatable bonds is 9. The maximum absolute atomic E-state index is 12.1. The highest BCUT2D eigenvalue weighted by Crippen LogP contribution is 2.44.